The zero-order chi connectivity index (χ0) is 11.3. The van der Waals surface area contributed by atoms with Crippen LogP contribution in [0.15, 0.2) is 24.4 Å². The fourth-order valence-electron chi connectivity index (χ4n) is 1.02. The van der Waals surface area contributed by atoms with E-state index in [4.69, 9.17) is 4.74 Å². The minimum atomic E-state index is -0.660. The van der Waals surface area contributed by atoms with E-state index in [-0.39, 0.29) is 12.6 Å². The Morgan fingerprint density at radius 2 is 2.20 bits per heavy atom. The predicted molar refractivity (Wildman–Crippen MR) is 55.5 cm³/mol. The number of aromatic nitrogens is 1. The first-order valence-electron chi connectivity index (χ1n) is 4.68. The third-order valence-electron chi connectivity index (χ3n) is 1.96. The van der Waals surface area contributed by atoms with E-state index in [1.807, 2.05) is 6.07 Å². The Bertz CT molecular complexity index is 322. The third kappa shape index (κ3) is 3.23. The van der Waals surface area contributed by atoms with E-state index in [1.165, 1.54) is 7.11 Å². The van der Waals surface area contributed by atoms with E-state index < -0.39 is 5.41 Å². The van der Waals surface area contributed by atoms with Crippen LogP contribution in [0, 0.1) is 5.41 Å². The van der Waals surface area contributed by atoms with E-state index >= 15 is 0 Å². The molecule has 1 aromatic rings. The van der Waals surface area contributed by atoms with Crippen molar-refractivity contribution in [1.29, 1.82) is 0 Å². The Labute approximate surface area is 89.2 Å². The molecule has 0 aliphatic carbocycles. The minimum absolute atomic E-state index is 0.247. The van der Waals surface area contributed by atoms with Crippen LogP contribution in [-0.2, 0) is 9.53 Å². The molecule has 1 heterocycles. The molecule has 4 nitrogen and oxygen atoms in total. The van der Waals surface area contributed by atoms with Gasteiger partial charge in [0, 0.05) is 12.3 Å². The van der Waals surface area contributed by atoms with Crippen LogP contribution in [0.1, 0.15) is 13.8 Å². The zero-order valence-electron chi connectivity index (χ0n) is 9.19. The van der Waals surface area contributed by atoms with Crippen molar-refractivity contribution < 1.29 is 14.3 Å². The van der Waals surface area contributed by atoms with Crippen LogP contribution in [0.4, 0.5) is 0 Å². The van der Waals surface area contributed by atoms with Gasteiger partial charge in [-0.05, 0) is 19.9 Å². The lowest BCUT2D eigenvalue weighted by Gasteiger charge is -2.20. The van der Waals surface area contributed by atoms with Crippen molar-refractivity contribution in [3.05, 3.63) is 24.4 Å². The summed E-state index contributed by atoms with van der Waals surface area (Å²) in [6.07, 6.45) is 1.64. The average Bonchev–Trinajstić information content (AvgIpc) is 2.27. The lowest BCUT2D eigenvalue weighted by molar-refractivity contribution is -0.152. The maximum absolute atomic E-state index is 11.3. The summed E-state index contributed by atoms with van der Waals surface area (Å²) in [7, 11) is 1.37. The smallest absolute Gasteiger partial charge is 0.314 e. The number of esters is 1. The highest BCUT2D eigenvalue weighted by molar-refractivity contribution is 5.75. The third-order valence-corrected chi connectivity index (χ3v) is 1.96. The summed E-state index contributed by atoms with van der Waals surface area (Å²) in [5, 5.41) is 0. The van der Waals surface area contributed by atoms with Crippen LogP contribution in [0.3, 0.4) is 0 Å². The molecule has 0 unspecified atom stereocenters. The number of hydrogen-bond donors (Lipinski definition) is 0. The predicted octanol–water partition coefficient (Wildman–Crippen LogP) is 1.66. The monoisotopic (exact) mass is 209 g/mol. The molecule has 82 valence electrons. The molecular formula is C11H15NO3. The van der Waals surface area contributed by atoms with Crippen molar-refractivity contribution in [3.8, 4) is 5.88 Å². The highest BCUT2D eigenvalue weighted by Crippen LogP contribution is 2.18. The fraction of sp³-hybridized carbons (Fsp3) is 0.455. The van der Waals surface area contributed by atoms with Crippen molar-refractivity contribution in [1.82, 2.24) is 4.98 Å². The molecular weight excluding hydrogens is 194 g/mol. The standard InChI is InChI=1S/C11H15NO3/c1-11(2,10(13)14-3)8-15-9-6-4-5-7-12-9/h4-7H,8H2,1-3H3. The zero-order valence-corrected chi connectivity index (χ0v) is 9.19. The maximum atomic E-state index is 11.3. The van der Waals surface area contributed by atoms with E-state index in [9.17, 15) is 4.79 Å². The Morgan fingerprint density at radius 3 is 2.73 bits per heavy atom. The molecule has 0 fully saturated rings. The summed E-state index contributed by atoms with van der Waals surface area (Å²) in [5.41, 5.74) is -0.660. The molecule has 0 saturated carbocycles. The molecule has 0 aromatic carbocycles. The van der Waals surface area contributed by atoms with Gasteiger partial charge in [0.05, 0.1) is 12.5 Å². The molecule has 0 spiro atoms. The molecule has 0 saturated heterocycles. The number of rotatable bonds is 4. The molecule has 0 bridgehead atoms. The Hall–Kier alpha value is -1.58. The van der Waals surface area contributed by atoms with Gasteiger partial charge in [-0.25, -0.2) is 4.98 Å². The second kappa shape index (κ2) is 4.77. The lowest BCUT2D eigenvalue weighted by atomic mass is 9.95. The van der Waals surface area contributed by atoms with Crippen LogP contribution < -0.4 is 4.74 Å². The number of ether oxygens (including phenoxy) is 2. The fourth-order valence-corrected chi connectivity index (χ4v) is 1.02. The Balaban J connectivity index is 2.53. The number of methoxy groups -OCH3 is 1. The molecule has 0 N–H and O–H groups in total. The number of hydrogen-bond acceptors (Lipinski definition) is 4. The number of carbonyl (C=O) groups excluding carboxylic acids is 1. The second-order valence-electron chi connectivity index (χ2n) is 3.83. The SMILES string of the molecule is COC(=O)C(C)(C)COc1ccccn1. The van der Waals surface area contributed by atoms with Crippen molar-refractivity contribution >= 4 is 5.97 Å². The van der Waals surface area contributed by atoms with Crippen molar-refractivity contribution in [2.24, 2.45) is 5.41 Å². The molecule has 0 atom stereocenters. The van der Waals surface area contributed by atoms with Gasteiger partial charge >= 0.3 is 5.97 Å². The highest BCUT2D eigenvalue weighted by Gasteiger charge is 2.29. The second-order valence-corrected chi connectivity index (χ2v) is 3.83. The summed E-state index contributed by atoms with van der Waals surface area (Å²) >= 11 is 0. The first-order valence-corrected chi connectivity index (χ1v) is 4.68. The first-order chi connectivity index (χ1) is 7.06. The van der Waals surface area contributed by atoms with Crippen molar-refractivity contribution in [2.75, 3.05) is 13.7 Å². The molecule has 0 radical (unpaired) electrons. The van der Waals surface area contributed by atoms with E-state index in [2.05, 4.69) is 9.72 Å². The van der Waals surface area contributed by atoms with Gasteiger partial charge < -0.3 is 9.47 Å². The Kier molecular flexibility index (Phi) is 3.66. The van der Waals surface area contributed by atoms with Crippen LogP contribution in [0.25, 0.3) is 0 Å². The summed E-state index contributed by atoms with van der Waals surface area (Å²) in [6.45, 7) is 3.78. The average molecular weight is 209 g/mol. The topological polar surface area (TPSA) is 48.4 Å². The van der Waals surface area contributed by atoms with Gasteiger partial charge in [0.1, 0.15) is 6.61 Å². The summed E-state index contributed by atoms with van der Waals surface area (Å²) in [4.78, 5) is 15.3. The summed E-state index contributed by atoms with van der Waals surface area (Å²) < 4.78 is 10.0. The molecule has 4 heteroatoms. The molecule has 15 heavy (non-hydrogen) atoms. The van der Waals surface area contributed by atoms with Crippen LogP contribution in [0.2, 0.25) is 0 Å². The van der Waals surface area contributed by atoms with Gasteiger partial charge in [-0.1, -0.05) is 6.07 Å². The number of carbonyl (C=O) groups is 1. The minimum Gasteiger partial charge on any atom is -0.476 e. The molecule has 0 aliphatic heterocycles. The van der Waals surface area contributed by atoms with Gasteiger partial charge in [0.25, 0.3) is 0 Å². The maximum Gasteiger partial charge on any atom is 0.314 e. The van der Waals surface area contributed by atoms with Crippen LogP contribution in [-0.4, -0.2) is 24.7 Å². The van der Waals surface area contributed by atoms with Crippen molar-refractivity contribution in [3.63, 3.8) is 0 Å². The van der Waals surface area contributed by atoms with Gasteiger partial charge in [-0.2, -0.15) is 0 Å². The van der Waals surface area contributed by atoms with E-state index in [1.54, 1.807) is 32.2 Å². The molecule has 0 aliphatic rings. The van der Waals surface area contributed by atoms with E-state index in [0.29, 0.717) is 5.88 Å². The van der Waals surface area contributed by atoms with Gasteiger partial charge in [0.15, 0.2) is 0 Å². The quantitative estimate of drug-likeness (QED) is 0.707. The van der Waals surface area contributed by atoms with E-state index in [0.717, 1.165) is 0 Å². The number of nitrogens with zero attached hydrogens (tertiary/aromatic N) is 1. The van der Waals surface area contributed by atoms with Gasteiger partial charge in [-0.3, -0.25) is 4.79 Å². The summed E-state index contributed by atoms with van der Waals surface area (Å²) in [6, 6.07) is 5.37. The highest BCUT2D eigenvalue weighted by atomic mass is 16.5. The first kappa shape index (κ1) is 11.5. The molecule has 0 amide bonds. The molecule has 1 aromatic heterocycles. The normalized spacial score (nSPS) is 10.9. The van der Waals surface area contributed by atoms with Crippen molar-refractivity contribution in [2.45, 2.75) is 13.8 Å². The lowest BCUT2D eigenvalue weighted by Crippen LogP contribution is -2.32. The number of pyridine rings is 1. The van der Waals surface area contributed by atoms with Gasteiger partial charge in [0.2, 0.25) is 5.88 Å². The van der Waals surface area contributed by atoms with Crippen LogP contribution >= 0.6 is 0 Å². The molecule has 1 rings (SSSR count). The Morgan fingerprint density at radius 1 is 1.47 bits per heavy atom. The largest absolute Gasteiger partial charge is 0.476 e. The van der Waals surface area contributed by atoms with Crippen LogP contribution in [0.5, 0.6) is 5.88 Å². The summed E-state index contributed by atoms with van der Waals surface area (Å²) in [5.74, 6) is 0.216. The van der Waals surface area contributed by atoms with Gasteiger partial charge in [-0.15, -0.1) is 0 Å².